The van der Waals surface area contributed by atoms with Gasteiger partial charge >= 0.3 is 5.97 Å². The average molecular weight is 1020 g/mol. The Morgan fingerprint density at radius 1 is 0.671 bits per heavy atom. The number of benzene rings is 2. The molecule has 0 radical (unpaired) electrons. The zero-order valence-corrected chi connectivity index (χ0v) is 44.0. The molecule has 3 aliphatic heterocycles. The number of amides is 8. The highest BCUT2D eigenvalue weighted by molar-refractivity contribution is 5.99. The molecule has 400 valence electrons. The molecule has 73 heavy (non-hydrogen) atoms. The number of hydrogen-bond donors (Lipinski definition) is 6. The standard InChI is InChI=1S/C54H78N8O11/c1-10-16-44(64)58-46-34(8)73-54(72)43(30-36-21-23-37(63)24-22-36)60(9)51(69)40(28-32(4)5)57-49(67)41-19-14-25-61(41)52(70)42-20-15-26-62(42)53(71)45(33(6)7)59-48(66)38(27-31(2)3)55-47(65)39(56-50(46)68)29-35-17-12-11-13-18-35/h11-13,17-18,21-24,31-34,38-43,45-46,63H,10,14-16,19-20,25-30H2,1-9H3,(H,55,65)(H,56,68)(H,57,67)(H,58,64)(H,59,66)/t34-,38+,39?,40?,41+,42+,43+,45?,46?/m1/s1. The number of aromatic hydroxyl groups is 1. The van der Waals surface area contributed by atoms with E-state index in [9.17, 15) is 48.3 Å². The maximum Gasteiger partial charge on any atom is 0.329 e. The molecular weight excluding hydrogens is 937 g/mol. The van der Waals surface area contributed by atoms with Crippen molar-refractivity contribution in [3.63, 3.8) is 0 Å². The van der Waals surface area contributed by atoms with Crippen molar-refractivity contribution in [2.75, 3.05) is 20.1 Å². The van der Waals surface area contributed by atoms with E-state index in [1.807, 2.05) is 27.7 Å². The van der Waals surface area contributed by atoms with Gasteiger partial charge in [-0.15, -0.1) is 0 Å². The fraction of sp³-hybridized carbons (Fsp3) is 0.611. The second-order valence-corrected chi connectivity index (χ2v) is 21.0. The smallest absolute Gasteiger partial charge is 0.329 e. The van der Waals surface area contributed by atoms with Crippen molar-refractivity contribution in [2.45, 2.75) is 174 Å². The largest absolute Gasteiger partial charge is 0.508 e. The van der Waals surface area contributed by atoms with Crippen LogP contribution in [-0.2, 0) is 60.7 Å². The Kier molecular flexibility index (Phi) is 20.8. The molecule has 2 aromatic rings. The van der Waals surface area contributed by atoms with Crippen LogP contribution < -0.4 is 26.6 Å². The Bertz CT molecular complexity index is 2270. The van der Waals surface area contributed by atoms with Crippen LogP contribution in [-0.4, -0.2) is 148 Å². The summed E-state index contributed by atoms with van der Waals surface area (Å²) in [7, 11) is 1.40. The van der Waals surface area contributed by atoms with Gasteiger partial charge in [0.1, 0.15) is 60.2 Å². The molecule has 4 unspecified atom stereocenters. The normalized spacial score (nSPS) is 26.6. The molecule has 0 aromatic heterocycles. The minimum absolute atomic E-state index is 0.0130. The Morgan fingerprint density at radius 2 is 1.22 bits per heavy atom. The predicted molar refractivity (Wildman–Crippen MR) is 272 cm³/mol. The third kappa shape index (κ3) is 15.5. The lowest BCUT2D eigenvalue weighted by Gasteiger charge is -2.35. The van der Waals surface area contributed by atoms with E-state index in [4.69, 9.17) is 4.74 Å². The summed E-state index contributed by atoms with van der Waals surface area (Å²) in [6, 6.07) is 5.22. The zero-order valence-electron chi connectivity index (χ0n) is 44.0. The van der Waals surface area contributed by atoms with Gasteiger partial charge in [-0.3, -0.25) is 38.4 Å². The Balaban J connectivity index is 1.62. The van der Waals surface area contributed by atoms with Crippen molar-refractivity contribution in [3.05, 3.63) is 65.7 Å². The topological polar surface area (TPSA) is 253 Å². The van der Waals surface area contributed by atoms with Gasteiger partial charge < -0.3 is 51.1 Å². The van der Waals surface area contributed by atoms with E-state index in [1.54, 1.807) is 63.2 Å². The summed E-state index contributed by atoms with van der Waals surface area (Å²) in [4.78, 5) is 134. The van der Waals surface area contributed by atoms with E-state index in [2.05, 4.69) is 26.6 Å². The molecule has 0 bridgehead atoms. The van der Waals surface area contributed by atoms with Gasteiger partial charge in [-0.2, -0.15) is 0 Å². The first-order valence-corrected chi connectivity index (χ1v) is 26.0. The number of likely N-dealkylation sites (N-methyl/N-ethyl adjacent to an activating group) is 1. The lowest BCUT2D eigenvalue weighted by atomic mass is 9.98. The number of hydrogen-bond acceptors (Lipinski definition) is 11. The number of esters is 1. The van der Waals surface area contributed by atoms with Crippen LogP contribution >= 0.6 is 0 Å². The molecule has 3 saturated heterocycles. The van der Waals surface area contributed by atoms with Crippen LogP contribution in [0.2, 0.25) is 0 Å². The van der Waals surface area contributed by atoms with Gasteiger partial charge in [-0.25, -0.2) is 4.79 Å². The van der Waals surface area contributed by atoms with E-state index >= 15 is 0 Å². The summed E-state index contributed by atoms with van der Waals surface area (Å²) in [5, 5.41) is 24.2. The number of fused-ring (bicyclic) bond motifs is 2. The monoisotopic (exact) mass is 1010 g/mol. The summed E-state index contributed by atoms with van der Waals surface area (Å²) < 4.78 is 6.05. The molecule has 3 fully saturated rings. The molecule has 9 atom stereocenters. The second-order valence-electron chi connectivity index (χ2n) is 21.0. The number of ether oxygens (including phenoxy) is 1. The lowest BCUT2D eigenvalue weighted by Crippen LogP contribution is -2.61. The second kappa shape index (κ2) is 26.4. The molecule has 3 aliphatic rings. The summed E-state index contributed by atoms with van der Waals surface area (Å²) >= 11 is 0. The minimum atomic E-state index is -1.56. The third-order valence-electron chi connectivity index (χ3n) is 13.8. The molecule has 0 saturated carbocycles. The average Bonchev–Trinajstić information content (AvgIpc) is 4.04. The van der Waals surface area contributed by atoms with Gasteiger partial charge in [0, 0.05) is 39.4 Å². The number of rotatable bonds is 12. The molecule has 0 spiro atoms. The van der Waals surface area contributed by atoms with Crippen molar-refractivity contribution in [1.29, 1.82) is 0 Å². The van der Waals surface area contributed by atoms with Crippen molar-refractivity contribution >= 4 is 53.2 Å². The SMILES string of the molecule is CCCC(=O)NC1C(=O)NC(Cc2ccccc2)C(=O)N[C@@H](CC(C)C)C(=O)NC(C(C)C)C(=O)N2CCC[C@H]2C(=O)N2CCC[C@H]2C(=O)NC(CC(C)C)C(=O)N(C)[C@@H](Cc2ccc(O)cc2)C(=O)O[C@@H]1C. The van der Waals surface area contributed by atoms with Crippen molar-refractivity contribution in [2.24, 2.45) is 17.8 Å². The molecule has 6 N–H and O–H groups in total. The number of phenolic OH excluding ortho intramolecular Hbond substituents is 1. The molecule has 5 rings (SSSR count). The minimum Gasteiger partial charge on any atom is -0.508 e. The number of carbonyl (C=O) groups excluding carboxylic acids is 9. The molecule has 2 aromatic carbocycles. The quantitative estimate of drug-likeness (QED) is 0.169. The van der Waals surface area contributed by atoms with Crippen LogP contribution in [0.25, 0.3) is 0 Å². The van der Waals surface area contributed by atoms with Crippen molar-refractivity contribution < 1.29 is 53.0 Å². The first kappa shape index (κ1) is 57.4. The number of phenols is 1. The zero-order chi connectivity index (χ0) is 53.7. The highest BCUT2D eigenvalue weighted by Gasteiger charge is 2.46. The molecular formula is C54H78N8O11. The first-order chi connectivity index (χ1) is 34.6. The molecule has 19 heteroatoms. The maximum absolute atomic E-state index is 14.8. The van der Waals surface area contributed by atoms with Gasteiger partial charge in [-0.1, -0.05) is 90.9 Å². The van der Waals surface area contributed by atoms with E-state index in [1.165, 1.54) is 40.8 Å². The van der Waals surface area contributed by atoms with Gasteiger partial charge in [0.05, 0.1) is 0 Å². The maximum atomic E-state index is 14.8. The third-order valence-corrected chi connectivity index (χ3v) is 13.8. The van der Waals surface area contributed by atoms with Crippen molar-refractivity contribution in [1.82, 2.24) is 41.3 Å². The van der Waals surface area contributed by atoms with Gasteiger partial charge in [0.15, 0.2) is 0 Å². The van der Waals surface area contributed by atoms with Gasteiger partial charge in [0.2, 0.25) is 47.3 Å². The lowest BCUT2D eigenvalue weighted by molar-refractivity contribution is -0.161. The van der Waals surface area contributed by atoms with Crippen LogP contribution in [0.3, 0.4) is 0 Å². The summed E-state index contributed by atoms with van der Waals surface area (Å²) in [5.74, 6) is -6.61. The fourth-order valence-electron chi connectivity index (χ4n) is 9.82. The Labute approximate surface area is 429 Å². The van der Waals surface area contributed by atoms with E-state index < -0.39 is 114 Å². The van der Waals surface area contributed by atoms with E-state index in [-0.39, 0.29) is 62.8 Å². The van der Waals surface area contributed by atoms with Crippen LogP contribution in [0.15, 0.2) is 54.6 Å². The Hall–Kier alpha value is -6.53. The van der Waals surface area contributed by atoms with E-state index in [0.29, 0.717) is 43.2 Å². The molecule has 19 nitrogen and oxygen atoms in total. The van der Waals surface area contributed by atoms with Crippen LogP contribution in [0.1, 0.15) is 118 Å². The summed E-state index contributed by atoms with van der Waals surface area (Å²) in [6.07, 6.45) is 0.772. The Morgan fingerprint density at radius 3 is 1.82 bits per heavy atom. The number of cyclic esters (lactones) is 1. The summed E-state index contributed by atoms with van der Waals surface area (Å²) in [5.41, 5.74) is 1.18. The number of nitrogens with zero attached hydrogens (tertiary/aromatic N) is 3. The fourth-order valence-corrected chi connectivity index (χ4v) is 9.82. The number of carbonyl (C=O) groups is 9. The predicted octanol–water partition coefficient (Wildman–Crippen LogP) is 2.90. The molecule has 3 heterocycles. The van der Waals surface area contributed by atoms with Crippen LogP contribution in [0, 0.1) is 17.8 Å². The highest BCUT2D eigenvalue weighted by atomic mass is 16.5. The highest BCUT2D eigenvalue weighted by Crippen LogP contribution is 2.27. The van der Waals surface area contributed by atoms with Crippen LogP contribution in [0.5, 0.6) is 5.75 Å². The van der Waals surface area contributed by atoms with Crippen molar-refractivity contribution in [3.8, 4) is 5.75 Å². The number of nitrogens with one attached hydrogen (secondary N) is 5. The van der Waals surface area contributed by atoms with E-state index in [0.717, 1.165) is 0 Å². The van der Waals surface area contributed by atoms with Crippen LogP contribution in [0.4, 0.5) is 0 Å². The van der Waals surface area contributed by atoms with Gasteiger partial charge in [-0.05, 0) is 92.9 Å². The molecule has 8 amide bonds. The first-order valence-electron chi connectivity index (χ1n) is 26.0. The summed E-state index contributed by atoms with van der Waals surface area (Å²) in [6.45, 7) is 14.7. The van der Waals surface area contributed by atoms with Gasteiger partial charge in [0.25, 0.3) is 0 Å². The molecule has 0 aliphatic carbocycles.